The Balaban J connectivity index is 2.56. The molecule has 0 heterocycles. The largest absolute Gasteiger partial charge is 0.396 e. The van der Waals surface area contributed by atoms with E-state index < -0.39 is 0 Å². The molecule has 1 aromatic rings. The number of Topliss-reactive ketones (excluding diaryl/α,β-unsaturated/α-hetero) is 1. The van der Waals surface area contributed by atoms with Crippen LogP contribution in [-0.4, -0.2) is 24.0 Å². The molecule has 0 saturated heterocycles. The predicted octanol–water partition coefficient (Wildman–Crippen LogP) is 3.10. The third-order valence-corrected chi connectivity index (χ3v) is 3.09. The van der Waals surface area contributed by atoms with E-state index in [0.29, 0.717) is 6.42 Å². The fraction of sp³-hybridized carbons (Fsp3) is 0.533. The molecule has 3 nitrogen and oxygen atoms in total. The summed E-state index contributed by atoms with van der Waals surface area (Å²) in [4.78, 5) is 11.5. The van der Waals surface area contributed by atoms with Gasteiger partial charge in [0.2, 0.25) is 0 Å². The van der Waals surface area contributed by atoms with Crippen molar-refractivity contribution in [3.8, 4) is 0 Å². The van der Waals surface area contributed by atoms with Crippen molar-refractivity contribution in [3.63, 3.8) is 0 Å². The van der Waals surface area contributed by atoms with Crippen molar-refractivity contribution in [2.75, 3.05) is 18.5 Å². The molecule has 0 amide bonds. The van der Waals surface area contributed by atoms with E-state index >= 15 is 0 Å². The monoisotopic (exact) mass is 249 g/mol. The van der Waals surface area contributed by atoms with Crippen LogP contribution in [0, 0.1) is 5.41 Å². The fourth-order valence-corrected chi connectivity index (χ4v) is 1.71. The van der Waals surface area contributed by atoms with Crippen LogP contribution in [0.5, 0.6) is 0 Å². The van der Waals surface area contributed by atoms with E-state index in [-0.39, 0.29) is 17.8 Å². The van der Waals surface area contributed by atoms with Crippen LogP contribution in [-0.2, 0) is 0 Å². The quantitative estimate of drug-likeness (QED) is 0.730. The number of rotatable bonds is 7. The highest BCUT2D eigenvalue weighted by atomic mass is 16.3. The summed E-state index contributed by atoms with van der Waals surface area (Å²) in [5.41, 5.74) is 1.83. The highest BCUT2D eigenvalue weighted by Crippen LogP contribution is 2.21. The highest BCUT2D eigenvalue weighted by Gasteiger charge is 2.16. The normalized spacial score (nSPS) is 11.3. The zero-order valence-electron chi connectivity index (χ0n) is 11.5. The maximum absolute atomic E-state index is 11.5. The number of carbonyl (C=O) groups is 1. The summed E-state index contributed by atoms with van der Waals surface area (Å²) in [6.07, 6.45) is 1.31. The number of hydrogen-bond donors (Lipinski definition) is 2. The number of aliphatic hydroxyl groups excluding tert-OH is 1. The fourth-order valence-electron chi connectivity index (χ4n) is 1.71. The maximum Gasteiger partial charge on any atom is 0.162 e. The standard InChI is InChI=1S/C15H23NO2/c1-4-14(18)12-5-7-13(8-6-12)16-11-15(2,3)9-10-17/h5-8,16-17H,4,9-11H2,1-3H3. The number of anilines is 1. The van der Waals surface area contributed by atoms with Gasteiger partial charge in [0.1, 0.15) is 0 Å². The van der Waals surface area contributed by atoms with Gasteiger partial charge < -0.3 is 10.4 Å². The number of ketones is 1. The summed E-state index contributed by atoms with van der Waals surface area (Å²) in [6, 6.07) is 7.57. The molecule has 0 spiro atoms. The Morgan fingerprint density at radius 3 is 2.39 bits per heavy atom. The molecule has 18 heavy (non-hydrogen) atoms. The van der Waals surface area contributed by atoms with Crippen molar-refractivity contribution in [2.24, 2.45) is 5.41 Å². The van der Waals surface area contributed by atoms with Crippen molar-refractivity contribution < 1.29 is 9.90 Å². The van der Waals surface area contributed by atoms with Crippen LogP contribution in [0.3, 0.4) is 0 Å². The first kappa shape index (κ1) is 14.7. The first-order valence-electron chi connectivity index (χ1n) is 6.46. The lowest BCUT2D eigenvalue weighted by atomic mass is 9.89. The minimum Gasteiger partial charge on any atom is -0.396 e. The third-order valence-electron chi connectivity index (χ3n) is 3.09. The Labute approximate surface area is 109 Å². The molecule has 0 fully saturated rings. The Morgan fingerprint density at radius 1 is 1.28 bits per heavy atom. The molecule has 3 heteroatoms. The molecule has 0 aliphatic rings. The Kier molecular flexibility index (Phi) is 5.35. The van der Waals surface area contributed by atoms with E-state index in [1.165, 1.54) is 0 Å². The Morgan fingerprint density at radius 2 is 1.89 bits per heavy atom. The summed E-state index contributed by atoms with van der Waals surface area (Å²) in [5, 5.41) is 12.3. The molecule has 0 unspecified atom stereocenters. The maximum atomic E-state index is 11.5. The summed E-state index contributed by atoms with van der Waals surface area (Å²) >= 11 is 0. The predicted molar refractivity (Wildman–Crippen MR) is 75.0 cm³/mol. The smallest absolute Gasteiger partial charge is 0.162 e. The van der Waals surface area contributed by atoms with Gasteiger partial charge in [-0.2, -0.15) is 0 Å². The number of carbonyl (C=O) groups excluding carboxylic acids is 1. The molecular formula is C15H23NO2. The van der Waals surface area contributed by atoms with Crippen molar-refractivity contribution in [1.82, 2.24) is 0 Å². The Hall–Kier alpha value is -1.35. The molecule has 0 radical (unpaired) electrons. The van der Waals surface area contributed by atoms with Gasteiger partial charge >= 0.3 is 0 Å². The number of nitrogens with one attached hydrogen (secondary N) is 1. The second kappa shape index (κ2) is 6.55. The van der Waals surface area contributed by atoms with Gasteiger partial charge in [0.25, 0.3) is 0 Å². The van der Waals surface area contributed by atoms with Crippen molar-refractivity contribution in [3.05, 3.63) is 29.8 Å². The third kappa shape index (κ3) is 4.49. The second-order valence-corrected chi connectivity index (χ2v) is 5.35. The van der Waals surface area contributed by atoms with Crippen LogP contribution < -0.4 is 5.32 Å². The Bertz CT molecular complexity index is 382. The van der Waals surface area contributed by atoms with E-state index in [2.05, 4.69) is 19.2 Å². The molecule has 0 aliphatic heterocycles. The molecule has 1 aromatic carbocycles. The number of aliphatic hydroxyl groups is 1. The highest BCUT2D eigenvalue weighted by molar-refractivity contribution is 5.96. The summed E-state index contributed by atoms with van der Waals surface area (Å²) in [7, 11) is 0. The molecule has 0 bridgehead atoms. The van der Waals surface area contributed by atoms with Crippen LogP contribution in [0.1, 0.15) is 44.0 Å². The SMILES string of the molecule is CCC(=O)c1ccc(NCC(C)(C)CCO)cc1. The summed E-state index contributed by atoms with van der Waals surface area (Å²) in [5.74, 6) is 0.169. The summed E-state index contributed by atoms with van der Waals surface area (Å²) in [6.45, 7) is 7.11. The van der Waals surface area contributed by atoms with Gasteiger partial charge in [0, 0.05) is 30.8 Å². The molecule has 0 atom stereocenters. The molecule has 0 saturated carbocycles. The molecule has 0 aliphatic carbocycles. The zero-order valence-corrected chi connectivity index (χ0v) is 11.5. The van der Waals surface area contributed by atoms with Gasteiger partial charge in [-0.25, -0.2) is 0 Å². The van der Waals surface area contributed by atoms with Gasteiger partial charge in [0.15, 0.2) is 5.78 Å². The van der Waals surface area contributed by atoms with Gasteiger partial charge in [0.05, 0.1) is 0 Å². The average Bonchev–Trinajstić information content (AvgIpc) is 2.36. The lowest BCUT2D eigenvalue weighted by molar-refractivity contribution is 0.0988. The minimum absolute atomic E-state index is 0.0622. The molecule has 0 aromatic heterocycles. The van der Waals surface area contributed by atoms with E-state index in [1.807, 2.05) is 31.2 Å². The van der Waals surface area contributed by atoms with Crippen LogP contribution in [0.25, 0.3) is 0 Å². The zero-order chi connectivity index (χ0) is 13.6. The minimum atomic E-state index is 0.0622. The van der Waals surface area contributed by atoms with Crippen LogP contribution >= 0.6 is 0 Å². The van der Waals surface area contributed by atoms with Crippen LogP contribution in [0.15, 0.2) is 24.3 Å². The van der Waals surface area contributed by atoms with Crippen LogP contribution in [0.4, 0.5) is 5.69 Å². The van der Waals surface area contributed by atoms with Gasteiger partial charge in [-0.1, -0.05) is 20.8 Å². The van der Waals surface area contributed by atoms with E-state index in [9.17, 15) is 4.79 Å². The topological polar surface area (TPSA) is 49.3 Å². The molecule has 2 N–H and O–H groups in total. The lowest BCUT2D eigenvalue weighted by Crippen LogP contribution is -2.24. The van der Waals surface area contributed by atoms with E-state index in [4.69, 9.17) is 5.11 Å². The average molecular weight is 249 g/mol. The number of benzene rings is 1. The van der Waals surface area contributed by atoms with Gasteiger partial charge in [-0.05, 0) is 36.1 Å². The lowest BCUT2D eigenvalue weighted by Gasteiger charge is -2.24. The molecule has 1 rings (SSSR count). The summed E-state index contributed by atoms with van der Waals surface area (Å²) < 4.78 is 0. The first-order chi connectivity index (χ1) is 8.48. The van der Waals surface area contributed by atoms with Crippen LogP contribution in [0.2, 0.25) is 0 Å². The van der Waals surface area contributed by atoms with E-state index in [0.717, 1.165) is 24.2 Å². The second-order valence-electron chi connectivity index (χ2n) is 5.35. The molecular weight excluding hydrogens is 226 g/mol. The van der Waals surface area contributed by atoms with Gasteiger partial charge in [-0.15, -0.1) is 0 Å². The van der Waals surface area contributed by atoms with Crippen molar-refractivity contribution in [1.29, 1.82) is 0 Å². The number of hydrogen-bond acceptors (Lipinski definition) is 3. The first-order valence-corrected chi connectivity index (χ1v) is 6.46. The van der Waals surface area contributed by atoms with Crippen molar-refractivity contribution >= 4 is 11.5 Å². The van der Waals surface area contributed by atoms with E-state index in [1.54, 1.807) is 0 Å². The molecule has 100 valence electrons. The van der Waals surface area contributed by atoms with Crippen molar-refractivity contribution in [2.45, 2.75) is 33.6 Å². The van der Waals surface area contributed by atoms with Gasteiger partial charge in [-0.3, -0.25) is 4.79 Å².